The first kappa shape index (κ1) is 9.64. The van der Waals surface area contributed by atoms with Gasteiger partial charge in [0.25, 0.3) is 0 Å². The summed E-state index contributed by atoms with van der Waals surface area (Å²) in [6.45, 7) is 7.39. The topological polar surface area (TPSA) is 17.8 Å². The Morgan fingerprint density at radius 2 is 2.31 bits per heavy atom. The highest BCUT2D eigenvalue weighted by Crippen LogP contribution is 2.36. The fourth-order valence-corrected chi connectivity index (χ4v) is 2.81. The molecular weight excluding hydrogens is 196 g/mol. The second kappa shape index (κ2) is 3.48. The Morgan fingerprint density at radius 3 is 3.12 bits per heavy atom. The van der Waals surface area contributed by atoms with Crippen LogP contribution in [0.4, 0.5) is 0 Å². The van der Waals surface area contributed by atoms with E-state index in [-0.39, 0.29) is 0 Å². The normalized spacial score (nSPS) is 15.4. The lowest BCUT2D eigenvalue weighted by molar-refractivity contribution is 0.690. The molecule has 1 aliphatic carbocycles. The average Bonchev–Trinajstić information content (AvgIpc) is 2.64. The summed E-state index contributed by atoms with van der Waals surface area (Å²) in [6, 6.07) is 4.19. The molecule has 0 bridgehead atoms. The lowest BCUT2D eigenvalue weighted by Crippen LogP contribution is -2.06. The van der Waals surface area contributed by atoms with E-state index in [1.54, 1.807) is 0 Å². The van der Waals surface area contributed by atoms with Gasteiger partial charge < -0.3 is 4.57 Å². The minimum Gasteiger partial charge on any atom is -0.329 e. The van der Waals surface area contributed by atoms with Crippen LogP contribution in [0.2, 0.25) is 0 Å². The molecule has 0 atom stereocenters. The summed E-state index contributed by atoms with van der Waals surface area (Å²) in [5.41, 5.74) is 5.22. The molecule has 2 heteroatoms. The Balaban J connectivity index is 2.43. The number of hydrogen-bond acceptors (Lipinski definition) is 1. The van der Waals surface area contributed by atoms with E-state index in [4.69, 9.17) is 0 Å². The first-order chi connectivity index (χ1) is 7.83. The Labute approximate surface area is 95.6 Å². The molecule has 0 aromatic carbocycles. The smallest absolute Gasteiger partial charge is 0.140 e. The fourth-order valence-electron chi connectivity index (χ4n) is 2.81. The third kappa shape index (κ3) is 1.16. The van der Waals surface area contributed by atoms with Gasteiger partial charge in [-0.2, -0.15) is 0 Å². The zero-order valence-electron chi connectivity index (χ0n) is 9.66. The van der Waals surface area contributed by atoms with E-state index in [0.717, 1.165) is 18.6 Å². The summed E-state index contributed by atoms with van der Waals surface area (Å²) < 4.78 is 2.34. The summed E-state index contributed by atoms with van der Waals surface area (Å²) in [6.07, 6.45) is 5.40. The van der Waals surface area contributed by atoms with E-state index >= 15 is 0 Å². The summed E-state index contributed by atoms with van der Waals surface area (Å²) in [5.74, 6) is 0. The van der Waals surface area contributed by atoms with Crippen molar-refractivity contribution >= 4 is 16.6 Å². The Bertz CT molecular complexity index is 563. The SMILES string of the molecule is C=C1CCCc2c1c1cccnc1n2CC. The van der Waals surface area contributed by atoms with Gasteiger partial charge in [-0.25, -0.2) is 4.98 Å². The van der Waals surface area contributed by atoms with Crippen LogP contribution in [0.25, 0.3) is 16.6 Å². The van der Waals surface area contributed by atoms with Crippen LogP contribution in [0, 0.1) is 0 Å². The van der Waals surface area contributed by atoms with E-state index in [9.17, 15) is 0 Å². The van der Waals surface area contributed by atoms with Crippen LogP contribution in [0.5, 0.6) is 0 Å². The molecule has 3 rings (SSSR count). The quantitative estimate of drug-likeness (QED) is 0.708. The lowest BCUT2D eigenvalue weighted by Gasteiger charge is -2.16. The van der Waals surface area contributed by atoms with Crippen molar-refractivity contribution in [1.82, 2.24) is 9.55 Å². The molecule has 0 aliphatic heterocycles. The van der Waals surface area contributed by atoms with Crippen molar-refractivity contribution in [3.8, 4) is 0 Å². The van der Waals surface area contributed by atoms with E-state index in [2.05, 4.69) is 29.1 Å². The van der Waals surface area contributed by atoms with Crippen molar-refractivity contribution in [2.75, 3.05) is 0 Å². The van der Waals surface area contributed by atoms with Gasteiger partial charge in [0.2, 0.25) is 0 Å². The van der Waals surface area contributed by atoms with Crippen molar-refractivity contribution in [3.05, 3.63) is 36.2 Å². The molecular formula is C14H16N2. The first-order valence-electron chi connectivity index (χ1n) is 5.97. The second-order valence-electron chi connectivity index (χ2n) is 4.40. The molecule has 0 saturated carbocycles. The minimum absolute atomic E-state index is 0.996. The van der Waals surface area contributed by atoms with Crippen LogP contribution >= 0.6 is 0 Å². The number of aromatic nitrogens is 2. The number of pyridine rings is 1. The monoisotopic (exact) mass is 212 g/mol. The summed E-state index contributed by atoms with van der Waals surface area (Å²) in [7, 11) is 0. The van der Waals surface area contributed by atoms with Gasteiger partial charge in [0.05, 0.1) is 0 Å². The van der Waals surface area contributed by atoms with Crippen LogP contribution in [0.1, 0.15) is 31.0 Å². The fraction of sp³-hybridized carbons (Fsp3) is 0.357. The van der Waals surface area contributed by atoms with Crippen LogP contribution in [-0.2, 0) is 13.0 Å². The largest absolute Gasteiger partial charge is 0.329 e. The Morgan fingerprint density at radius 1 is 1.44 bits per heavy atom. The number of aryl methyl sites for hydroxylation is 1. The van der Waals surface area contributed by atoms with Gasteiger partial charge in [-0.1, -0.05) is 6.58 Å². The van der Waals surface area contributed by atoms with E-state index in [1.807, 2.05) is 12.3 Å². The molecule has 0 unspecified atom stereocenters. The molecule has 0 fully saturated rings. The van der Waals surface area contributed by atoms with Crippen LogP contribution in [0.15, 0.2) is 24.9 Å². The molecule has 2 heterocycles. The van der Waals surface area contributed by atoms with E-state index < -0.39 is 0 Å². The molecule has 0 amide bonds. The summed E-state index contributed by atoms with van der Waals surface area (Å²) in [5, 5.41) is 1.28. The minimum atomic E-state index is 0.996. The summed E-state index contributed by atoms with van der Waals surface area (Å²) in [4.78, 5) is 4.51. The first-order valence-corrected chi connectivity index (χ1v) is 5.97. The maximum absolute atomic E-state index is 4.51. The number of hydrogen-bond donors (Lipinski definition) is 0. The van der Waals surface area contributed by atoms with Crippen LogP contribution in [-0.4, -0.2) is 9.55 Å². The predicted octanol–water partition coefficient (Wildman–Crippen LogP) is 3.41. The van der Waals surface area contributed by atoms with Crippen molar-refractivity contribution in [3.63, 3.8) is 0 Å². The Hall–Kier alpha value is -1.57. The van der Waals surface area contributed by atoms with Gasteiger partial charge in [0.1, 0.15) is 5.65 Å². The zero-order valence-corrected chi connectivity index (χ0v) is 9.66. The van der Waals surface area contributed by atoms with E-state index in [1.165, 1.54) is 35.1 Å². The van der Waals surface area contributed by atoms with Crippen LogP contribution < -0.4 is 0 Å². The number of fused-ring (bicyclic) bond motifs is 3. The van der Waals surface area contributed by atoms with Crippen LogP contribution in [0.3, 0.4) is 0 Å². The van der Waals surface area contributed by atoms with Gasteiger partial charge in [-0.15, -0.1) is 0 Å². The number of allylic oxidation sites excluding steroid dienone is 1. The van der Waals surface area contributed by atoms with Gasteiger partial charge in [-0.3, -0.25) is 0 Å². The van der Waals surface area contributed by atoms with Gasteiger partial charge >= 0.3 is 0 Å². The van der Waals surface area contributed by atoms with E-state index in [0.29, 0.717) is 0 Å². The third-order valence-corrected chi connectivity index (χ3v) is 3.49. The van der Waals surface area contributed by atoms with Crippen molar-refractivity contribution in [2.45, 2.75) is 32.7 Å². The molecule has 0 spiro atoms. The van der Waals surface area contributed by atoms with Gasteiger partial charge in [-0.05, 0) is 43.9 Å². The van der Waals surface area contributed by atoms with Crippen molar-refractivity contribution < 1.29 is 0 Å². The zero-order chi connectivity index (χ0) is 11.1. The van der Waals surface area contributed by atoms with Crippen molar-refractivity contribution in [2.24, 2.45) is 0 Å². The molecule has 0 saturated heterocycles. The van der Waals surface area contributed by atoms with Crippen molar-refractivity contribution in [1.29, 1.82) is 0 Å². The predicted molar refractivity (Wildman–Crippen MR) is 67.4 cm³/mol. The maximum atomic E-state index is 4.51. The highest BCUT2D eigenvalue weighted by Gasteiger charge is 2.21. The number of nitrogens with zero attached hydrogens (tertiary/aromatic N) is 2. The Kier molecular flexibility index (Phi) is 2.10. The molecule has 0 N–H and O–H groups in total. The molecule has 2 aromatic heterocycles. The average molecular weight is 212 g/mol. The summed E-state index contributed by atoms with van der Waals surface area (Å²) >= 11 is 0. The molecule has 2 aromatic rings. The highest BCUT2D eigenvalue weighted by molar-refractivity contribution is 5.93. The lowest BCUT2D eigenvalue weighted by atomic mass is 9.92. The molecule has 16 heavy (non-hydrogen) atoms. The highest BCUT2D eigenvalue weighted by atomic mass is 15.0. The number of rotatable bonds is 1. The maximum Gasteiger partial charge on any atom is 0.140 e. The standard InChI is InChI=1S/C14H16N2/c1-3-16-12-8-4-6-10(2)13(12)11-7-5-9-15-14(11)16/h5,7,9H,2-4,6,8H2,1H3. The van der Waals surface area contributed by atoms with Gasteiger partial charge in [0.15, 0.2) is 0 Å². The van der Waals surface area contributed by atoms with Gasteiger partial charge in [0, 0.05) is 29.4 Å². The molecule has 0 radical (unpaired) electrons. The third-order valence-electron chi connectivity index (χ3n) is 3.49. The molecule has 2 nitrogen and oxygen atoms in total. The molecule has 1 aliphatic rings. The molecule has 82 valence electrons. The second-order valence-corrected chi connectivity index (χ2v) is 4.40.